The van der Waals surface area contributed by atoms with Crippen LogP contribution >= 0.6 is 0 Å². The van der Waals surface area contributed by atoms with Crippen LogP contribution in [0.2, 0.25) is 0 Å². The maximum absolute atomic E-state index is 12.8. The van der Waals surface area contributed by atoms with Gasteiger partial charge in [-0.2, -0.15) is 10.2 Å². The average Bonchev–Trinajstić information content (AvgIpc) is 3.79. The van der Waals surface area contributed by atoms with Crippen LogP contribution < -0.4 is 26.2 Å². The molecule has 2 aliphatic heterocycles. The van der Waals surface area contributed by atoms with Gasteiger partial charge < -0.3 is 20.0 Å². The molecule has 0 bridgehead atoms. The number of rotatable bonds is 4. The summed E-state index contributed by atoms with van der Waals surface area (Å²) < 4.78 is 6.93. The molecule has 14 heteroatoms. The Morgan fingerprint density at radius 3 is 1.51 bits per heavy atom. The van der Waals surface area contributed by atoms with Gasteiger partial charge in [0.05, 0.1) is 46.2 Å². The zero-order valence-corrected chi connectivity index (χ0v) is 31.1. The van der Waals surface area contributed by atoms with Crippen molar-refractivity contribution in [2.45, 2.75) is 0 Å². The highest BCUT2D eigenvalue weighted by atomic mass is 16.1. The van der Waals surface area contributed by atoms with Crippen LogP contribution in [-0.2, 0) is 14.1 Å². The zero-order chi connectivity index (χ0) is 37.6. The summed E-state index contributed by atoms with van der Waals surface area (Å²) in [5, 5.41) is 14.0. The first-order valence-electron chi connectivity index (χ1n) is 18.6. The second-order valence-electron chi connectivity index (χ2n) is 14.3. The van der Waals surface area contributed by atoms with Crippen molar-refractivity contribution in [3.63, 3.8) is 0 Å². The minimum Gasteiger partial charge on any atom is -0.368 e. The lowest BCUT2D eigenvalue weighted by Crippen LogP contribution is -2.44. The predicted molar refractivity (Wildman–Crippen MR) is 217 cm³/mol. The van der Waals surface area contributed by atoms with Crippen LogP contribution in [0.3, 0.4) is 0 Å². The summed E-state index contributed by atoms with van der Waals surface area (Å²) in [6.45, 7) is 7.79. The number of fused-ring (bicyclic) bond motifs is 4. The number of nitrogens with zero attached hydrogens (tertiary/aromatic N) is 11. The summed E-state index contributed by atoms with van der Waals surface area (Å²) >= 11 is 0. The molecule has 6 aromatic heterocycles. The monoisotopic (exact) mass is 734 g/mol. The van der Waals surface area contributed by atoms with Gasteiger partial charge >= 0.3 is 0 Å². The molecule has 0 aliphatic carbocycles. The van der Waals surface area contributed by atoms with Crippen LogP contribution in [0, 0.1) is 0 Å². The molecule has 8 heterocycles. The van der Waals surface area contributed by atoms with Crippen molar-refractivity contribution in [1.29, 1.82) is 0 Å². The van der Waals surface area contributed by atoms with Gasteiger partial charge in [-0.05, 0) is 55.6 Å². The number of benzene rings is 2. The lowest BCUT2D eigenvalue weighted by atomic mass is 10.1. The van der Waals surface area contributed by atoms with Crippen LogP contribution in [0.5, 0.6) is 0 Å². The van der Waals surface area contributed by atoms with Gasteiger partial charge in [0.1, 0.15) is 11.3 Å². The standard InChI is InChI=1S/C21H22N6O.C20H20N6O/c1-24-7-9-26(10-8-24)17-4-6-20-23-18(12-21(28)27(20)14-17)15-3-5-19-16(11-15)13-22-25(19)2;1-24-18-4-2-14(10-15(18)12-22-24)17-11-20(27)26-13-16(3-5-19(26)23-17)25-8-6-21-7-9-25/h3-6,11-14H,7-10H2,1-2H3;2-5,10-13,21H,6-9H2,1H3. The molecule has 0 saturated carbocycles. The van der Waals surface area contributed by atoms with Crippen LogP contribution in [0.1, 0.15) is 0 Å². The van der Waals surface area contributed by atoms with E-state index in [1.165, 1.54) is 0 Å². The van der Waals surface area contributed by atoms with E-state index in [9.17, 15) is 9.59 Å². The number of pyridine rings is 2. The number of likely N-dealkylation sites (N-methyl/N-ethyl adjacent to an activating group) is 1. The second kappa shape index (κ2) is 14.1. The van der Waals surface area contributed by atoms with E-state index in [2.05, 4.69) is 43.3 Å². The molecule has 0 spiro atoms. The molecule has 10 rings (SSSR count). The minimum atomic E-state index is -0.0710. The molecule has 14 nitrogen and oxygen atoms in total. The fraction of sp³-hybridized carbons (Fsp3) is 0.268. The van der Waals surface area contributed by atoms with Gasteiger partial charge in [0.2, 0.25) is 0 Å². The lowest BCUT2D eigenvalue weighted by Gasteiger charge is -2.34. The van der Waals surface area contributed by atoms with Gasteiger partial charge in [-0.1, -0.05) is 12.1 Å². The molecular weight excluding hydrogens is 693 g/mol. The van der Waals surface area contributed by atoms with E-state index in [0.717, 1.165) is 96.7 Å². The Bertz CT molecular complexity index is 2820. The number of anilines is 2. The molecule has 0 amide bonds. The molecule has 1 N–H and O–H groups in total. The number of hydrogen-bond acceptors (Lipinski definition) is 10. The summed E-state index contributed by atoms with van der Waals surface area (Å²) in [6, 6.07) is 23.2. The Morgan fingerprint density at radius 1 is 0.545 bits per heavy atom. The third-order valence-corrected chi connectivity index (χ3v) is 10.7. The Kier molecular flexibility index (Phi) is 8.83. The van der Waals surface area contributed by atoms with E-state index < -0.39 is 0 Å². The topological polar surface area (TPSA) is 126 Å². The van der Waals surface area contributed by atoms with Crippen molar-refractivity contribution < 1.29 is 0 Å². The van der Waals surface area contributed by atoms with Crippen molar-refractivity contribution in [3.8, 4) is 22.5 Å². The van der Waals surface area contributed by atoms with Gasteiger partial charge in [-0.25, -0.2) is 9.97 Å². The largest absolute Gasteiger partial charge is 0.368 e. The first-order chi connectivity index (χ1) is 26.8. The fourth-order valence-electron chi connectivity index (χ4n) is 7.49. The van der Waals surface area contributed by atoms with E-state index in [1.807, 2.05) is 103 Å². The normalized spacial score (nSPS) is 15.3. The summed E-state index contributed by atoms with van der Waals surface area (Å²) in [7, 11) is 5.97. The number of nitrogens with one attached hydrogen (secondary N) is 1. The zero-order valence-electron chi connectivity index (χ0n) is 31.1. The summed E-state index contributed by atoms with van der Waals surface area (Å²) in [5.41, 5.74) is 8.60. The average molecular weight is 735 g/mol. The van der Waals surface area contributed by atoms with E-state index in [-0.39, 0.29) is 11.1 Å². The van der Waals surface area contributed by atoms with Gasteiger partial charge in [0, 0.05) is 113 Å². The Hall–Kier alpha value is -6.38. The molecule has 2 saturated heterocycles. The number of hydrogen-bond donors (Lipinski definition) is 1. The maximum atomic E-state index is 12.8. The number of piperazine rings is 2. The van der Waals surface area contributed by atoms with Gasteiger partial charge in [-0.15, -0.1) is 0 Å². The molecule has 0 radical (unpaired) electrons. The summed E-state index contributed by atoms with van der Waals surface area (Å²) in [6.07, 6.45) is 7.45. The SMILES string of the molecule is CN1CCN(c2ccc3nc(-c4ccc5c(cnn5C)c4)cc(=O)n3c2)CC1.Cn1ncc2cc(-c3cc(=O)n4cc(N5CCNCC5)ccc4n3)ccc21. The Morgan fingerprint density at radius 2 is 1.02 bits per heavy atom. The third kappa shape index (κ3) is 6.70. The smallest absolute Gasteiger partial charge is 0.258 e. The molecule has 55 heavy (non-hydrogen) atoms. The first kappa shape index (κ1) is 34.4. The van der Waals surface area contributed by atoms with Crippen molar-refractivity contribution in [2.24, 2.45) is 14.1 Å². The molecular formula is C41H42N12O2. The molecule has 2 aromatic carbocycles. The molecule has 8 aromatic rings. The molecule has 0 atom stereocenters. The van der Waals surface area contributed by atoms with Crippen LogP contribution in [0.25, 0.3) is 55.6 Å². The number of aromatic nitrogens is 8. The van der Waals surface area contributed by atoms with Crippen LogP contribution in [-0.4, -0.2) is 103 Å². The van der Waals surface area contributed by atoms with Crippen molar-refractivity contribution in [1.82, 2.24) is 48.5 Å². The third-order valence-electron chi connectivity index (χ3n) is 10.7. The van der Waals surface area contributed by atoms with Crippen molar-refractivity contribution in [2.75, 3.05) is 69.2 Å². The highest BCUT2D eigenvalue weighted by molar-refractivity contribution is 5.85. The van der Waals surface area contributed by atoms with Crippen molar-refractivity contribution in [3.05, 3.63) is 118 Å². The molecule has 2 fully saturated rings. The Balaban J connectivity index is 0.000000144. The minimum absolute atomic E-state index is 0.0674. The van der Waals surface area contributed by atoms with E-state index >= 15 is 0 Å². The first-order valence-corrected chi connectivity index (χ1v) is 18.6. The van der Waals surface area contributed by atoms with Crippen molar-refractivity contribution >= 4 is 44.5 Å². The van der Waals surface area contributed by atoms with Crippen LogP contribution in [0.15, 0.2) is 107 Å². The van der Waals surface area contributed by atoms with Gasteiger partial charge in [0.15, 0.2) is 0 Å². The van der Waals surface area contributed by atoms with Crippen LogP contribution in [0.4, 0.5) is 11.4 Å². The van der Waals surface area contributed by atoms with E-state index in [4.69, 9.17) is 9.97 Å². The molecule has 278 valence electrons. The van der Waals surface area contributed by atoms with E-state index in [0.29, 0.717) is 22.7 Å². The summed E-state index contributed by atoms with van der Waals surface area (Å²) in [4.78, 5) is 41.9. The quantitative estimate of drug-likeness (QED) is 0.287. The van der Waals surface area contributed by atoms with E-state index in [1.54, 1.807) is 20.9 Å². The highest BCUT2D eigenvalue weighted by Gasteiger charge is 2.16. The maximum Gasteiger partial charge on any atom is 0.258 e. The second-order valence-corrected chi connectivity index (χ2v) is 14.3. The fourth-order valence-corrected chi connectivity index (χ4v) is 7.49. The molecule has 0 unspecified atom stereocenters. The van der Waals surface area contributed by atoms with Gasteiger partial charge in [0.25, 0.3) is 11.1 Å². The Labute approximate surface area is 316 Å². The van der Waals surface area contributed by atoms with Gasteiger partial charge in [-0.3, -0.25) is 27.8 Å². The number of aryl methyl sites for hydroxylation is 2. The lowest BCUT2D eigenvalue weighted by molar-refractivity contribution is 0.313. The summed E-state index contributed by atoms with van der Waals surface area (Å²) in [5.74, 6) is 0. The molecule has 2 aliphatic rings. The highest BCUT2D eigenvalue weighted by Crippen LogP contribution is 2.25. The predicted octanol–water partition coefficient (Wildman–Crippen LogP) is 3.66.